The number of allylic oxidation sites excluding steroid dienone is 22. The molecule has 0 aliphatic rings. The van der Waals surface area contributed by atoms with Crippen molar-refractivity contribution in [1.82, 2.24) is 0 Å². The molecule has 1 atom stereocenters. The molecule has 6 nitrogen and oxygen atoms in total. The van der Waals surface area contributed by atoms with Gasteiger partial charge in [0.2, 0.25) is 0 Å². The van der Waals surface area contributed by atoms with Gasteiger partial charge in [-0.05, 0) is 122 Å². The number of ether oxygens (including phenoxy) is 3. The van der Waals surface area contributed by atoms with Gasteiger partial charge in [0.05, 0.1) is 0 Å². The Morgan fingerprint density at radius 3 is 1.01 bits per heavy atom. The number of unbranched alkanes of at least 4 members (excludes halogenated alkanes) is 16. The highest BCUT2D eigenvalue weighted by molar-refractivity contribution is 5.71. The summed E-state index contributed by atoms with van der Waals surface area (Å²) in [4.78, 5) is 38.1. The summed E-state index contributed by atoms with van der Waals surface area (Å²) in [6.07, 6.45) is 78.6. The molecule has 0 fully saturated rings. The second-order valence-corrected chi connectivity index (χ2v) is 17.8. The second kappa shape index (κ2) is 56.1. The minimum absolute atomic E-state index is 0.116. The molecule has 0 bridgehead atoms. The lowest BCUT2D eigenvalue weighted by atomic mass is 10.1. The van der Waals surface area contributed by atoms with Crippen LogP contribution >= 0.6 is 0 Å². The van der Waals surface area contributed by atoms with E-state index in [-0.39, 0.29) is 37.5 Å². The van der Waals surface area contributed by atoms with Crippen LogP contribution in [-0.2, 0) is 28.6 Å². The molecule has 0 heterocycles. The molecule has 0 aromatic carbocycles. The lowest BCUT2D eigenvalue weighted by Crippen LogP contribution is -2.30. The maximum absolute atomic E-state index is 12.8. The van der Waals surface area contributed by atoms with Gasteiger partial charge >= 0.3 is 17.9 Å². The summed E-state index contributed by atoms with van der Waals surface area (Å²) in [5.74, 6) is -1.01. The van der Waals surface area contributed by atoms with Crippen LogP contribution in [0.15, 0.2) is 134 Å². The van der Waals surface area contributed by atoms with Crippen LogP contribution in [0.25, 0.3) is 0 Å². The molecule has 0 aromatic heterocycles. The number of hydrogen-bond donors (Lipinski definition) is 0. The summed E-state index contributed by atoms with van der Waals surface area (Å²) in [5.41, 5.74) is 0. The van der Waals surface area contributed by atoms with Gasteiger partial charge in [-0.25, -0.2) is 0 Å². The van der Waals surface area contributed by atoms with Crippen LogP contribution in [0, 0.1) is 0 Å². The van der Waals surface area contributed by atoms with Crippen LogP contribution < -0.4 is 0 Å². The van der Waals surface area contributed by atoms with Crippen LogP contribution in [0.2, 0.25) is 0 Å². The molecule has 0 saturated heterocycles. The van der Waals surface area contributed by atoms with E-state index in [1.807, 2.05) is 0 Å². The maximum Gasteiger partial charge on any atom is 0.306 e. The SMILES string of the molecule is CC/C=C\C/C=C\C/C=C\C/C=C\C/C=C\CCCC(=O)OC(COC(=O)CCCCCCCC/C=C\C=C/CCCCC)COC(=O)CCCCCCCC/C=C\C/C=C\C/C=C\C/C=C\CC. The van der Waals surface area contributed by atoms with Crippen molar-refractivity contribution in [2.75, 3.05) is 13.2 Å². The van der Waals surface area contributed by atoms with Crippen LogP contribution in [-0.4, -0.2) is 37.2 Å². The summed E-state index contributed by atoms with van der Waals surface area (Å²) in [7, 11) is 0. The van der Waals surface area contributed by atoms with Crippen molar-refractivity contribution in [2.45, 2.75) is 232 Å². The summed E-state index contributed by atoms with van der Waals surface area (Å²) in [6.45, 7) is 6.30. The third-order valence-electron chi connectivity index (χ3n) is 11.1. The highest BCUT2D eigenvalue weighted by Crippen LogP contribution is 2.13. The first-order chi connectivity index (χ1) is 34.0. The van der Waals surface area contributed by atoms with Crippen molar-refractivity contribution < 1.29 is 28.6 Å². The van der Waals surface area contributed by atoms with Crippen LogP contribution in [0.4, 0.5) is 0 Å². The molecule has 6 heteroatoms. The standard InChI is InChI=1S/C63H100O6/c1-4-7-10-13-16-19-22-25-28-30-31-33-35-38-41-44-47-50-53-56-62(65)68-59-60(58-67-61(64)55-52-49-46-43-40-37-34-27-24-21-18-15-12-9-6-3)69-63(66)57-54-51-48-45-42-39-36-32-29-26-23-20-17-14-11-8-5-2/h7-8,10-11,16-21,24-29,31,33,36,39,45,48,60H,4-6,9,12-15,22-23,30,32,34-35,37-38,40-44,46-47,49-59H2,1-3H3/b10-7-,11-8-,19-16-,20-17-,21-18-,27-24-,28-25-,29-26-,33-31-,39-36-,48-45-. The first-order valence-corrected chi connectivity index (χ1v) is 27.7. The number of rotatable bonds is 48. The Morgan fingerprint density at radius 1 is 0.319 bits per heavy atom. The molecule has 0 saturated carbocycles. The quantitative estimate of drug-likeness (QED) is 0.0199. The van der Waals surface area contributed by atoms with E-state index in [2.05, 4.69) is 154 Å². The average Bonchev–Trinajstić information content (AvgIpc) is 3.35. The zero-order valence-corrected chi connectivity index (χ0v) is 44.3. The topological polar surface area (TPSA) is 78.9 Å². The van der Waals surface area contributed by atoms with Gasteiger partial charge in [-0.2, -0.15) is 0 Å². The molecule has 1 unspecified atom stereocenters. The molecular formula is C63H100O6. The van der Waals surface area contributed by atoms with Crippen LogP contribution in [0.5, 0.6) is 0 Å². The Morgan fingerprint density at radius 2 is 0.623 bits per heavy atom. The number of carbonyl (C=O) groups excluding carboxylic acids is 3. The number of hydrogen-bond acceptors (Lipinski definition) is 6. The lowest BCUT2D eigenvalue weighted by Gasteiger charge is -2.18. The van der Waals surface area contributed by atoms with Gasteiger partial charge in [0, 0.05) is 19.3 Å². The Balaban J connectivity index is 4.54. The van der Waals surface area contributed by atoms with Crippen molar-refractivity contribution in [2.24, 2.45) is 0 Å². The van der Waals surface area contributed by atoms with Crippen LogP contribution in [0.3, 0.4) is 0 Å². The summed E-state index contributed by atoms with van der Waals surface area (Å²) in [5, 5.41) is 0. The Kier molecular flexibility index (Phi) is 52.5. The summed E-state index contributed by atoms with van der Waals surface area (Å²) in [6, 6.07) is 0. The molecule has 0 N–H and O–H groups in total. The predicted molar refractivity (Wildman–Crippen MR) is 297 cm³/mol. The van der Waals surface area contributed by atoms with E-state index in [1.54, 1.807) is 0 Å². The molecule has 388 valence electrons. The molecule has 69 heavy (non-hydrogen) atoms. The first kappa shape index (κ1) is 64.5. The summed E-state index contributed by atoms with van der Waals surface area (Å²) >= 11 is 0. The fraction of sp³-hybridized carbons (Fsp3) is 0.603. The van der Waals surface area contributed by atoms with E-state index in [9.17, 15) is 14.4 Å². The Hall–Kier alpha value is -4.45. The van der Waals surface area contributed by atoms with E-state index < -0.39 is 6.10 Å². The van der Waals surface area contributed by atoms with E-state index >= 15 is 0 Å². The average molecular weight is 953 g/mol. The molecule has 0 rings (SSSR count). The lowest BCUT2D eigenvalue weighted by molar-refractivity contribution is -0.167. The van der Waals surface area contributed by atoms with E-state index in [0.29, 0.717) is 19.3 Å². The largest absolute Gasteiger partial charge is 0.462 e. The van der Waals surface area contributed by atoms with Gasteiger partial charge in [-0.15, -0.1) is 0 Å². The van der Waals surface area contributed by atoms with Gasteiger partial charge in [-0.3, -0.25) is 14.4 Å². The first-order valence-electron chi connectivity index (χ1n) is 27.7. The van der Waals surface area contributed by atoms with Gasteiger partial charge in [0.15, 0.2) is 6.10 Å². The highest BCUT2D eigenvalue weighted by atomic mass is 16.6. The molecule has 0 spiro atoms. The molecule has 0 radical (unpaired) electrons. The van der Waals surface area contributed by atoms with Crippen molar-refractivity contribution in [3.05, 3.63) is 134 Å². The van der Waals surface area contributed by atoms with Crippen molar-refractivity contribution in [1.29, 1.82) is 0 Å². The normalized spacial score (nSPS) is 13.1. The van der Waals surface area contributed by atoms with Gasteiger partial charge in [0.1, 0.15) is 13.2 Å². The van der Waals surface area contributed by atoms with Crippen molar-refractivity contribution in [3.63, 3.8) is 0 Å². The minimum Gasteiger partial charge on any atom is -0.462 e. The fourth-order valence-electron chi connectivity index (χ4n) is 7.05. The third kappa shape index (κ3) is 54.4. The fourth-order valence-corrected chi connectivity index (χ4v) is 7.05. The second-order valence-electron chi connectivity index (χ2n) is 17.8. The maximum atomic E-state index is 12.8. The highest BCUT2D eigenvalue weighted by Gasteiger charge is 2.19. The van der Waals surface area contributed by atoms with Crippen molar-refractivity contribution in [3.8, 4) is 0 Å². The molecule has 0 amide bonds. The van der Waals surface area contributed by atoms with Gasteiger partial charge in [0.25, 0.3) is 0 Å². The smallest absolute Gasteiger partial charge is 0.306 e. The van der Waals surface area contributed by atoms with E-state index in [0.717, 1.165) is 128 Å². The minimum atomic E-state index is -0.824. The summed E-state index contributed by atoms with van der Waals surface area (Å²) < 4.78 is 16.8. The zero-order chi connectivity index (χ0) is 50.0. The zero-order valence-electron chi connectivity index (χ0n) is 44.3. The Bertz CT molecular complexity index is 1510. The predicted octanol–water partition coefficient (Wildman–Crippen LogP) is 18.6. The van der Waals surface area contributed by atoms with Gasteiger partial charge in [-0.1, -0.05) is 219 Å². The number of esters is 3. The molecule has 0 aromatic rings. The van der Waals surface area contributed by atoms with E-state index in [1.165, 1.54) is 51.4 Å². The monoisotopic (exact) mass is 953 g/mol. The van der Waals surface area contributed by atoms with Gasteiger partial charge < -0.3 is 14.2 Å². The Labute approximate surface area is 424 Å². The van der Waals surface area contributed by atoms with Crippen molar-refractivity contribution >= 4 is 17.9 Å². The molecule has 0 aliphatic heterocycles. The molecular weight excluding hydrogens is 853 g/mol. The van der Waals surface area contributed by atoms with E-state index in [4.69, 9.17) is 14.2 Å². The van der Waals surface area contributed by atoms with Crippen LogP contribution in [0.1, 0.15) is 226 Å². The third-order valence-corrected chi connectivity index (χ3v) is 11.1. The number of carbonyl (C=O) groups is 3. The molecule has 0 aliphatic carbocycles.